The molecule has 2 aromatic rings. The zero-order chi connectivity index (χ0) is 16.3. The highest BCUT2D eigenvalue weighted by Gasteiger charge is 2.12. The number of hydrogen-bond donors (Lipinski definition) is 1. The van der Waals surface area contributed by atoms with Crippen LogP contribution in [0.15, 0.2) is 40.3 Å². The van der Waals surface area contributed by atoms with E-state index in [0.717, 1.165) is 11.3 Å². The number of aryl methyl sites for hydroxylation is 1. The maximum atomic E-state index is 12.1. The average molecular weight is 316 g/mol. The number of nitriles is 1. The molecule has 22 heavy (non-hydrogen) atoms. The molecule has 7 heteroatoms. The number of nitrogens with zero attached hydrogens (tertiary/aromatic N) is 3. The minimum absolute atomic E-state index is 0.151. The Labute approximate surface area is 129 Å². The lowest BCUT2D eigenvalue weighted by molar-refractivity contribution is 0.584. The zero-order valence-corrected chi connectivity index (χ0v) is 13.3. The van der Waals surface area contributed by atoms with Gasteiger partial charge in [-0.1, -0.05) is 17.7 Å². The third-order valence-corrected chi connectivity index (χ3v) is 4.64. The molecule has 0 spiro atoms. The average Bonchev–Trinajstić information content (AvgIpc) is 2.75. The third-order valence-electron chi connectivity index (χ3n) is 3.40. The van der Waals surface area contributed by atoms with Crippen LogP contribution in [-0.2, 0) is 17.1 Å². The molecule has 0 radical (unpaired) electrons. The van der Waals surface area contributed by atoms with E-state index in [2.05, 4.69) is 16.0 Å². The lowest BCUT2D eigenvalue weighted by atomic mass is 10.2. The summed E-state index contributed by atoms with van der Waals surface area (Å²) in [5.74, 6) is 0. The molecule has 0 saturated heterocycles. The van der Waals surface area contributed by atoms with Crippen LogP contribution in [0.4, 0.5) is 0 Å². The molecule has 0 aliphatic rings. The van der Waals surface area contributed by atoms with Crippen molar-refractivity contribution in [1.82, 2.24) is 9.40 Å². The summed E-state index contributed by atoms with van der Waals surface area (Å²) < 4.78 is 25.8. The Morgan fingerprint density at radius 1 is 1.27 bits per heavy atom. The predicted octanol–water partition coefficient (Wildman–Crippen LogP) is 1.83. The molecule has 0 fully saturated rings. The quantitative estimate of drug-likeness (QED) is 0.689. The van der Waals surface area contributed by atoms with Gasteiger partial charge in [0.15, 0.2) is 0 Å². The largest absolute Gasteiger partial charge is 0.339 e. The molecule has 2 rings (SSSR count). The van der Waals surface area contributed by atoms with Gasteiger partial charge in [0.05, 0.1) is 11.1 Å². The molecular weight excluding hydrogens is 300 g/mol. The van der Waals surface area contributed by atoms with Gasteiger partial charge in [0, 0.05) is 18.3 Å². The minimum Gasteiger partial charge on any atom is -0.339 e. The summed E-state index contributed by atoms with van der Waals surface area (Å²) in [5.41, 5.74) is 2.98. The zero-order valence-electron chi connectivity index (χ0n) is 12.5. The molecule has 1 aromatic heterocycles. The maximum Gasteiger partial charge on any atom is 0.276 e. The molecule has 0 aliphatic heterocycles. The Hall–Kier alpha value is -2.59. The number of hydrogen-bond acceptors (Lipinski definition) is 4. The molecule has 6 nitrogen and oxygen atoms in total. The summed E-state index contributed by atoms with van der Waals surface area (Å²) >= 11 is 0. The van der Waals surface area contributed by atoms with Crippen LogP contribution < -0.4 is 4.83 Å². The van der Waals surface area contributed by atoms with Crippen LogP contribution in [0, 0.1) is 25.2 Å². The second-order valence-electron chi connectivity index (χ2n) is 4.91. The van der Waals surface area contributed by atoms with Gasteiger partial charge in [0.2, 0.25) is 0 Å². The van der Waals surface area contributed by atoms with Gasteiger partial charge < -0.3 is 4.57 Å². The van der Waals surface area contributed by atoms with Crippen molar-refractivity contribution in [2.24, 2.45) is 12.1 Å². The summed E-state index contributed by atoms with van der Waals surface area (Å²) in [6.45, 7) is 3.71. The molecule has 0 saturated carbocycles. The second-order valence-corrected chi connectivity index (χ2v) is 6.57. The van der Waals surface area contributed by atoms with E-state index >= 15 is 0 Å². The summed E-state index contributed by atoms with van der Waals surface area (Å²) in [6.07, 6.45) is 1.39. The van der Waals surface area contributed by atoms with Crippen molar-refractivity contribution < 1.29 is 8.42 Å². The Kier molecular flexibility index (Phi) is 4.33. The van der Waals surface area contributed by atoms with E-state index in [4.69, 9.17) is 5.26 Å². The second kappa shape index (κ2) is 6.03. The highest BCUT2D eigenvalue weighted by molar-refractivity contribution is 7.89. The smallest absolute Gasteiger partial charge is 0.276 e. The standard InChI is InChI=1S/C15H16N4O2S/c1-11-4-6-15(7-5-11)22(20,21)18-17-10-13-8-14(9-16)19(3)12(13)2/h4-8,10,18H,1-3H3/b17-10-. The van der Waals surface area contributed by atoms with Crippen molar-refractivity contribution >= 4 is 16.2 Å². The van der Waals surface area contributed by atoms with Gasteiger partial charge in [-0.15, -0.1) is 0 Å². The van der Waals surface area contributed by atoms with E-state index in [-0.39, 0.29) is 4.90 Å². The Balaban J connectivity index is 2.19. The van der Waals surface area contributed by atoms with Crippen LogP contribution in [0.25, 0.3) is 0 Å². The fraction of sp³-hybridized carbons (Fsp3) is 0.200. The van der Waals surface area contributed by atoms with Crippen LogP contribution >= 0.6 is 0 Å². The lowest BCUT2D eigenvalue weighted by Crippen LogP contribution is -2.18. The highest BCUT2D eigenvalue weighted by Crippen LogP contribution is 2.12. The van der Waals surface area contributed by atoms with Gasteiger partial charge >= 0.3 is 0 Å². The van der Waals surface area contributed by atoms with Crippen molar-refractivity contribution in [3.8, 4) is 6.07 Å². The number of nitrogens with one attached hydrogen (secondary N) is 1. The summed E-state index contributed by atoms with van der Waals surface area (Å²) in [4.78, 5) is 2.32. The van der Waals surface area contributed by atoms with Gasteiger partial charge in [-0.05, 0) is 32.0 Å². The number of hydrazone groups is 1. The van der Waals surface area contributed by atoms with Crippen LogP contribution in [-0.4, -0.2) is 19.2 Å². The first-order valence-corrected chi connectivity index (χ1v) is 8.01. The predicted molar refractivity (Wildman–Crippen MR) is 84.0 cm³/mol. The molecule has 0 atom stereocenters. The third kappa shape index (κ3) is 3.18. The van der Waals surface area contributed by atoms with E-state index in [1.54, 1.807) is 29.8 Å². The van der Waals surface area contributed by atoms with Gasteiger partial charge in [-0.3, -0.25) is 0 Å². The first-order valence-electron chi connectivity index (χ1n) is 6.53. The fourth-order valence-corrected chi connectivity index (χ4v) is 2.69. The first kappa shape index (κ1) is 15.8. The Bertz CT molecular complexity index is 856. The SMILES string of the molecule is Cc1ccc(S(=O)(=O)N/N=C\c2cc(C#N)n(C)c2C)cc1. The Morgan fingerprint density at radius 2 is 1.91 bits per heavy atom. The molecule has 1 heterocycles. The molecule has 114 valence electrons. The molecule has 0 unspecified atom stereocenters. The first-order chi connectivity index (χ1) is 10.3. The van der Waals surface area contributed by atoms with Crippen molar-refractivity contribution in [2.75, 3.05) is 0 Å². The molecule has 1 aromatic carbocycles. The van der Waals surface area contributed by atoms with Crippen molar-refractivity contribution in [1.29, 1.82) is 5.26 Å². The summed E-state index contributed by atoms with van der Waals surface area (Å²) in [5, 5.41) is 12.7. The fourth-order valence-electron chi connectivity index (χ4n) is 1.90. The normalized spacial score (nSPS) is 11.5. The van der Waals surface area contributed by atoms with E-state index < -0.39 is 10.0 Å². The molecule has 0 aliphatic carbocycles. The minimum atomic E-state index is -3.69. The maximum absolute atomic E-state index is 12.1. The monoisotopic (exact) mass is 316 g/mol. The topological polar surface area (TPSA) is 87.2 Å². The molecule has 0 amide bonds. The van der Waals surface area contributed by atoms with Gasteiger partial charge in [-0.25, -0.2) is 4.83 Å². The summed E-state index contributed by atoms with van der Waals surface area (Å²) in [6, 6.07) is 10.2. The number of sulfonamides is 1. The van der Waals surface area contributed by atoms with Gasteiger partial charge in [0.25, 0.3) is 10.0 Å². The number of aromatic nitrogens is 1. The van der Waals surface area contributed by atoms with Crippen molar-refractivity contribution in [2.45, 2.75) is 18.7 Å². The number of rotatable bonds is 4. The van der Waals surface area contributed by atoms with E-state index in [0.29, 0.717) is 11.3 Å². The van der Waals surface area contributed by atoms with E-state index in [1.807, 2.05) is 13.8 Å². The Morgan fingerprint density at radius 3 is 2.45 bits per heavy atom. The van der Waals surface area contributed by atoms with Crippen molar-refractivity contribution in [3.63, 3.8) is 0 Å². The number of benzene rings is 1. The van der Waals surface area contributed by atoms with Gasteiger partial charge in [0.1, 0.15) is 11.8 Å². The molecular formula is C15H16N4O2S. The van der Waals surface area contributed by atoms with Crippen LogP contribution in [0.1, 0.15) is 22.5 Å². The van der Waals surface area contributed by atoms with Crippen LogP contribution in [0.2, 0.25) is 0 Å². The highest BCUT2D eigenvalue weighted by atomic mass is 32.2. The van der Waals surface area contributed by atoms with Crippen molar-refractivity contribution in [3.05, 3.63) is 52.8 Å². The van der Waals surface area contributed by atoms with Crippen LogP contribution in [0.3, 0.4) is 0 Å². The summed E-state index contributed by atoms with van der Waals surface area (Å²) in [7, 11) is -1.92. The van der Waals surface area contributed by atoms with E-state index in [9.17, 15) is 8.42 Å². The van der Waals surface area contributed by atoms with E-state index in [1.165, 1.54) is 18.3 Å². The molecule has 1 N–H and O–H groups in total. The van der Waals surface area contributed by atoms with Gasteiger partial charge in [-0.2, -0.15) is 18.8 Å². The van der Waals surface area contributed by atoms with Crippen LogP contribution in [0.5, 0.6) is 0 Å². The lowest BCUT2D eigenvalue weighted by Gasteiger charge is -2.03. The molecule has 0 bridgehead atoms.